The van der Waals surface area contributed by atoms with Gasteiger partial charge in [-0.15, -0.1) is 0 Å². The van der Waals surface area contributed by atoms with Gasteiger partial charge in [0.05, 0.1) is 0 Å². The number of nitrogens with zero attached hydrogens (tertiary/aromatic N) is 1. The summed E-state index contributed by atoms with van der Waals surface area (Å²) in [7, 11) is 0. The van der Waals surface area contributed by atoms with E-state index in [9.17, 15) is 4.39 Å². The van der Waals surface area contributed by atoms with Crippen LogP contribution < -0.4 is 5.73 Å². The van der Waals surface area contributed by atoms with Crippen LogP contribution >= 0.6 is 0 Å². The highest BCUT2D eigenvalue weighted by Crippen LogP contribution is 2.38. The molecule has 1 heterocycles. The van der Waals surface area contributed by atoms with Crippen molar-refractivity contribution in [3.8, 4) is 0 Å². The highest BCUT2D eigenvalue weighted by Gasteiger charge is 2.29. The van der Waals surface area contributed by atoms with Crippen molar-refractivity contribution in [1.29, 1.82) is 0 Å². The van der Waals surface area contributed by atoms with E-state index >= 15 is 0 Å². The van der Waals surface area contributed by atoms with Crippen LogP contribution in [0.4, 0.5) is 4.39 Å². The van der Waals surface area contributed by atoms with Crippen LogP contribution in [0.25, 0.3) is 0 Å². The molecule has 92 valence electrons. The molecule has 1 aliphatic carbocycles. The molecule has 1 aliphatic rings. The van der Waals surface area contributed by atoms with E-state index in [0.717, 1.165) is 24.1 Å². The van der Waals surface area contributed by atoms with E-state index in [1.807, 2.05) is 12.3 Å². The second kappa shape index (κ2) is 4.50. The number of rotatable bonds is 2. The lowest BCUT2D eigenvalue weighted by atomic mass is 9.91. The van der Waals surface area contributed by atoms with E-state index in [-0.39, 0.29) is 17.8 Å². The highest BCUT2D eigenvalue weighted by molar-refractivity contribution is 5.33. The number of aromatic nitrogens is 1. The van der Waals surface area contributed by atoms with Crippen molar-refractivity contribution in [1.82, 2.24) is 4.98 Å². The van der Waals surface area contributed by atoms with E-state index in [1.54, 1.807) is 12.1 Å². The fourth-order valence-corrected chi connectivity index (χ4v) is 2.71. The number of hydrogen-bond donors (Lipinski definition) is 1. The first-order chi connectivity index (χ1) is 8.75. The summed E-state index contributed by atoms with van der Waals surface area (Å²) in [6.07, 6.45) is 3.86. The number of halogens is 1. The van der Waals surface area contributed by atoms with Gasteiger partial charge < -0.3 is 5.73 Å². The Balaban J connectivity index is 1.90. The summed E-state index contributed by atoms with van der Waals surface area (Å²) in [5, 5.41) is 0. The summed E-state index contributed by atoms with van der Waals surface area (Å²) in [6, 6.07) is 10.4. The molecular formula is C15H15FN2. The molecule has 0 bridgehead atoms. The van der Waals surface area contributed by atoms with Gasteiger partial charge in [0.15, 0.2) is 0 Å². The summed E-state index contributed by atoms with van der Waals surface area (Å²) in [5.41, 5.74) is 9.67. The minimum absolute atomic E-state index is 0.109. The lowest BCUT2D eigenvalue weighted by molar-refractivity contribution is 0.539. The van der Waals surface area contributed by atoms with Crippen LogP contribution in [0.3, 0.4) is 0 Å². The summed E-state index contributed by atoms with van der Waals surface area (Å²) in [4.78, 5) is 4.45. The van der Waals surface area contributed by atoms with Crippen molar-refractivity contribution >= 4 is 0 Å². The van der Waals surface area contributed by atoms with Crippen LogP contribution in [0.1, 0.15) is 35.2 Å². The van der Waals surface area contributed by atoms with Crippen LogP contribution in [0.5, 0.6) is 0 Å². The van der Waals surface area contributed by atoms with Gasteiger partial charge in [-0.1, -0.05) is 18.2 Å². The molecule has 0 amide bonds. The van der Waals surface area contributed by atoms with Crippen LogP contribution in [0.15, 0.2) is 42.6 Å². The SMILES string of the molecule is NC(c1ccc(F)cc1)C1CCc2cccnc21. The lowest BCUT2D eigenvalue weighted by Crippen LogP contribution is -2.18. The van der Waals surface area contributed by atoms with Crippen molar-refractivity contribution in [2.45, 2.75) is 24.8 Å². The number of benzene rings is 1. The molecule has 18 heavy (non-hydrogen) atoms. The normalized spacial score (nSPS) is 19.6. The van der Waals surface area contributed by atoms with Crippen molar-refractivity contribution in [3.63, 3.8) is 0 Å². The van der Waals surface area contributed by atoms with Crippen molar-refractivity contribution in [2.75, 3.05) is 0 Å². The molecule has 3 rings (SSSR count). The standard InChI is InChI=1S/C15H15FN2/c16-12-6-3-10(4-7-12)14(17)13-8-5-11-2-1-9-18-15(11)13/h1-4,6-7,9,13-14H,5,8,17H2. The topological polar surface area (TPSA) is 38.9 Å². The molecule has 0 aliphatic heterocycles. The number of nitrogens with two attached hydrogens (primary N) is 1. The van der Waals surface area contributed by atoms with Crippen LogP contribution in [0, 0.1) is 5.82 Å². The van der Waals surface area contributed by atoms with Gasteiger partial charge >= 0.3 is 0 Å². The first kappa shape index (κ1) is 11.4. The summed E-state index contributed by atoms with van der Waals surface area (Å²) in [6.45, 7) is 0. The Morgan fingerprint density at radius 2 is 2.00 bits per heavy atom. The molecule has 3 heteroatoms. The van der Waals surface area contributed by atoms with Crippen LogP contribution in [-0.2, 0) is 6.42 Å². The summed E-state index contributed by atoms with van der Waals surface area (Å²) in [5.74, 6) is 0.0163. The smallest absolute Gasteiger partial charge is 0.123 e. The second-order valence-corrected chi connectivity index (χ2v) is 4.77. The van der Waals surface area contributed by atoms with E-state index in [2.05, 4.69) is 11.1 Å². The highest BCUT2D eigenvalue weighted by atomic mass is 19.1. The number of hydrogen-bond acceptors (Lipinski definition) is 2. The van der Waals surface area contributed by atoms with Gasteiger partial charge in [0.2, 0.25) is 0 Å². The number of pyridine rings is 1. The molecule has 0 saturated carbocycles. The zero-order valence-corrected chi connectivity index (χ0v) is 10.0. The summed E-state index contributed by atoms with van der Waals surface area (Å²) >= 11 is 0. The molecule has 2 N–H and O–H groups in total. The molecule has 2 atom stereocenters. The largest absolute Gasteiger partial charge is 0.323 e. The third kappa shape index (κ3) is 1.91. The van der Waals surface area contributed by atoms with E-state index in [4.69, 9.17) is 5.73 Å². The Hall–Kier alpha value is -1.74. The van der Waals surface area contributed by atoms with Gasteiger partial charge in [0.1, 0.15) is 5.82 Å². The van der Waals surface area contributed by atoms with Crippen LogP contribution in [0.2, 0.25) is 0 Å². The first-order valence-electron chi connectivity index (χ1n) is 6.20. The molecule has 2 unspecified atom stereocenters. The zero-order valence-electron chi connectivity index (χ0n) is 10.0. The molecule has 1 aromatic carbocycles. The molecule has 1 aromatic heterocycles. The third-order valence-electron chi connectivity index (χ3n) is 3.69. The molecule has 0 fully saturated rings. The second-order valence-electron chi connectivity index (χ2n) is 4.77. The van der Waals surface area contributed by atoms with Gasteiger partial charge in [-0.25, -0.2) is 4.39 Å². The minimum Gasteiger partial charge on any atom is -0.323 e. The fourth-order valence-electron chi connectivity index (χ4n) is 2.71. The van der Waals surface area contributed by atoms with E-state index in [1.165, 1.54) is 17.7 Å². The van der Waals surface area contributed by atoms with E-state index in [0.29, 0.717) is 0 Å². The van der Waals surface area contributed by atoms with Gasteiger partial charge in [-0.3, -0.25) is 4.98 Å². The molecule has 0 saturated heterocycles. The quantitative estimate of drug-likeness (QED) is 0.879. The average Bonchev–Trinajstić information content (AvgIpc) is 2.82. The Labute approximate surface area is 106 Å². The number of fused-ring (bicyclic) bond motifs is 1. The fraction of sp³-hybridized carbons (Fsp3) is 0.267. The predicted molar refractivity (Wildman–Crippen MR) is 68.6 cm³/mol. The van der Waals surface area contributed by atoms with E-state index < -0.39 is 0 Å². The zero-order chi connectivity index (χ0) is 12.5. The summed E-state index contributed by atoms with van der Waals surface area (Å²) < 4.78 is 12.9. The first-order valence-corrected chi connectivity index (χ1v) is 6.20. The molecule has 2 aromatic rings. The maximum absolute atomic E-state index is 12.9. The molecule has 2 nitrogen and oxygen atoms in total. The van der Waals surface area contributed by atoms with Gasteiger partial charge in [0.25, 0.3) is 0 Å². The minimum atomic E-state index is -0.226. The van der Waals surface area contributed by atoms with Crippen molar-refractivity contribution < 1.29 is 4.39 Å². The van der Waals surface area contributed by atoms with Crippen LogP contribution in [-0.4, -0.2) is 4.98 Å². The van der Waals surface area contributed by atoms with Crippen molar-refractivity contribution in [2.24, 2.45) is 5.73 Å². The molecule has 0 radical (unpaired) electrons. The molecule has 0 spiro atoms. The molecular weight excluding hydrogens is 227 g/mol. The predicted octanol–water partition coefficient (Wildman–Crippen LogP) is 2.95. The van der Waals surface area contributed by atoms with Gasteiger partial charge in [-0.2, -0.15) is 0 Å². The van der Waals surface area contributed by atoms with Crippen molar-refractivity contribution in [3.05, 3.63) is 65.2 Å². The van der Waals surface area contributed by atoms with Gasteiger partial charge in [-0.05, 0) is 42.2 Å². The Bertz CT molecular complexity index is 551. The maximum Gasteiger partial charge on any atom is 0.123 e. The Morgan fingerprint density at radius 3 is 2.78 bits per heavy atom. The Kier molecular flexibility index (Phi) is 2.84. The lowest BCUT2D eigenvalue weighted by Gasteiger charge is -2.19. The maximum atomic E-state index is 12.9. The monoisotopic (exact) mass is 242 g/mol. The average molecular weight is 242 g/mol. The van der Waals surface area contributed by atoms with Gasteiger partial charge in [0, 0.05) is 23.9 Å². The third-order valence-corrected chi connectivity index (χ3v) is 3.69. The Morgan fingerprint density at radius 1 is 1.22 bits per heavy atom. The number of aryl methyl sites for hydroxylation is 1.